The molecule has 0 amide bonds. The number of allylic oxidation sites excluding steroid dienone is 16. The Kier molecular flexibility index (Phi) is 75.4. The molecule has 0 spiro atoms. The van der Waals surface area contributed by atoms with Gasteiger partial charge in [-0.25, -0.2) is 9.13 Å². The molecule has 0 saturated heterocycles. The van der Waals surface area contributed by atoms with E-state index in [0.29, 0.717) is 19.3 Å². The maximum absolute atomic E-state index is 13.0. The number of aliphatic hydroxyl groups excluding tert-OH is 2. The molecule has 4 N–H and O–H groups in total. The smallest absolute Gasteiger partial charge is 0.463 e. The van der Waals surface area contributed by atoms with E-state index in [-0.39, 0.29) is 19.3 Å². The SMILES string of the molecule is CC/C=C\C/C=C\C/C=C\CCCCCCCCCC(=O)OCC(COP(=O)(O)OCC(O)COP(=O)(O)OCC(O)COC(=O)CCCCCCCCCCCCCCCCCCCCC/C=C\C/C=C\C/C=C\C/C=C\CCCCC)OC(=O)CCCCCCC/C=C\CCCCCCCC. The number of carbonyl (C=O) groups is 3. The second-order valence-corrected chi connectivity index (χ2v) is 30.8. The van der Waals surface area contributed by atoms with Crippen molar-refractivity contribution >= 4 is 33.6 Å². The molecule has 598 valence electrons. The number of esters is 3. The number of hydrogen-bond donors (Lipinski definition) is 4. The molecule has 103 heavy (non-hydrogen) atoms. The van der Waals surface area contributed by atoms with Gasteiger partial charge in [-0.05, 0) is 122 Å². The summed E-state index contributed by atoms with van der Waals surface area (Å²) in [6, 6.07) is 0. The molecule has 0 rings (SSSR count). The van der Waals surface area contributed by atoms with E-state index in [1.54, 1.807) is 0 Å². The van der Waals surface area contributed by atoms with Crippen LogP contribution in [0.3, 0.4) is 0 Å². The Labute approximate surface area is 628 Å². The molecule has 0 radical (unpaired) electrons. The summed E-state index contributed by atoms with van der Waals surface area (Å²) in [7, 11) is -9.79. The normalized spacial score (nSPS) is 14.4. The average Bonchev–Trinajstić information content (AvgIpc) is 0.927. The first-order chi connectivity index (χ1) is 50.2. The Morgan fingerprint density at radius 3 is 0.845 bits per heavy atom. The number of hydrogen-bond acceptors (Lipinski definition) is 14. The van der Waals surface area contributed by atoms with Crippen LogP contribution >= 0.6 is 15.6 Å². The molecule has 0 aromatic carbocycles. The van der Waals surface area contributed by atoms with Gasteiger partial charge in [-0.1, -0.05) is 323 Å². The summed E-state index contributed by atoms with van der Waals surface area (Å²) >= 11 is 0. The van der Waals surface area contributed by atoms with Crippen molar-refractivity contribution in [2.45, 2.75) is 386 Å². The molecule has 0 fully saturated rings. The molecule has 0 aliphatic carbocycles. The first-order valence-corrected chi connectivity index (χ1v) is 44.5. The molecular formula is C85H152O16P2. The monoisotopic (exact) mass is 1490 g/mol. The number of aliphatic hydroxyl groups is 2. The Balaban J connectivity index is 4.36. The van der Waals surface area contributed by atoms with Crippen molar-refractivity contribution in [1.82, 2.24) is 0 Å². The number of rotatable bonds is 79. The molecule has 0 aliphatic rings. The van der Waals surface area contributed by atoms with E-state index in [4.69, 9.17) is 32.3 Å². The van der Waals surface area contributed by atoms with Gasteiger partial charge >= 0.3 is 33.6 Å². The van der Waals surface area contributed by atoms with Crippen molar-refractivity contribution in [1.29, 1.82) is 0 Å². The van der Waals surface area contributed by atoms with Gasteiger partial charge in [-0.3, -0.25) is 32.5 Å². The van der Waals surface area contributed by atoms with Crippen molar-refractivity contribution in [2.75, 3.05) is 39.6 Å². The van der Waals surface area contributed by atoms with Crippen LogP contribution in [-0.4, -0.2) is 95.9 Å². The predicted octanol–water partition coefficient (Wildman–Crippen LogP) is 24.5. The van der Waals surface area contributed by atoms with E-state index >= 15 is 0 Å². The summed E-state index contributed by atoms with van der Waals surface area (Å²) < 4.78 is 61.1. The van der Waals surface area contributed by atoms with Crippen LogP contribution in [0.1, 0.15) is 367 Å². The van der Waals surface area contributed by atoms with Crippen LogP contribution < -0.4 is 0 Å². The highest BCUT2D eigenvalue weighted by Gasteiger charge is 2.29. The molecule has 0 saturated carbocycles. The third-order valence-electron chi connectivity index (χ3n) is 17.8. The molecule has 5 unspecified atom stereocenters. The molecule has 0 bridgehead atoms. The summed E-state index contributed by atoms with van der Waals surface area (Å²) in [5, 5.41) is 20.6. The fraction of sp³-hybridized carbons (Fsp3) is 0.776. The molecular weight excluding hydrogens is 1340 g/mol. The summed E-state index contributed by atoms with van der Waals surface area (Å²) in [6.07, 6.45) is 90.5. The Bertz CT molecular complexity index is 2260. The van der Waals surface area contributed by atoms with Gasteiger partial charge < -0.3 is 34.2 Å². The second kappa shape index (κ2) is 78.1. The van der Waals surface area contributed by atoms with Crippen molar-refractivity contribution in [3.63, 3.8) is 0 Å². The molecule has 0 heterocycles. The third-order valence-corrected chi connectivity index (χ3v) is 19.7. The fourth-order valence-electron chi connectivity index (χ4n) is 11.4. The quantitative estimate of drug-likeness (QED) is 0.0146. The lowest BCUT2D eigenvalue weighted by atomic mass is 10.0. The van der Waals surface area contributed by atoms with Crippen LogP contribution in [-0.2, 0) is 55.8 Å². The van der Waals surface area contributed by atoms with E-state index in [9.17, 15) is 43.5 Å². The van der Waals surface area contributed by atoms with E-state index < -0.39 is 91.5 Å². The van der Waals surface area contributed by atoms with Gasteiger partial charge in [0.05, 0.1) is 26.4 Å². The standard InChI is InChI=1S/C85H152O16P2/c1-4-7-10-13-16-19-22-25-28-30-31-32-33-34-35-36-37-38-39-40-41-42-43-44-45-46-47-49-52-53-56-59-62-65-68-71-83(88)95-74-80(86)75-97-102(91,92)98-76-81(87)77-99-103(93,94)100-79-82(101-85(90)73-70-67-64-61-58-55-50-27-24-21-18-15-12-9-6-3)78-96-84(89)72-69-66-63-60-57-54-51-48-29-26-23-20-17-14-11-8-5-2/h8,11,16-17,19-20,25-29,31-32,34-35,50,80-82,86-87H,4-7,9-10,12-15,18,21-24,30,33,36-49,51-79H2,1-3H3,(H,91,92)(H,93,94)/b11-8-,19-16-,20-17-,28-25-,29-26-,32-31-,35-34-,50-27-. The van der Waals surface area contributed by atoms with E-state index in [1.165, 1.54) is 167 Å². The molecule has 0 aromatic heterocycles. The van der Waals surface area contributed by atoms with E-state index in [0.717, 1.165) is 141 Å². The minimum Gasteiger partial charge on any atom is -0.463 e. The zero-order valence-electron chi connectivity index (χ0n) is 65.5. The average molecular weight is 1490 g/mol. The minimum absolute atomic E-state index is 0.0938. The van der Waals surface area contributed by atoms with Crippen molar-refractivity contribution < 1.29 is 75.8 Å². The van der Waals surface area contributed by atoms with Gasteiger partial charge in [0.25, 0.3) is 0 Å². The Hall–Kier alpha value is -3.53. The molecule has 0 aromatic rings. The largest absolute Gasteiger partial charge is 0.472 e. The van der Waals surface area contributed by atoms with Gasteiger partial charge in [-0.2, -0.15) is 0 Å². The maximum atomic E-state index is 13.0. The van der Waals surface area contributed by atoms with Gasteiger partial charge in [0.2, 0.25) is 0 Å². The van der Waals surface area contributed by atoms with Gasteiger partial charge in [0, 0.05) is 19.3 Å². The van der Waals surface area contributed by atoms with Gasteiger partial charge in [0.1, 0.15) is 25.4 Å². The van der Waals surface area contributed by atoms with E-state index in [2.05, 4.69) is 118 Å². The highest BCUT2D eigenvalue weighted by Crippen LogP contribution is 2.45. The van der Waals surface area contributed by atoms with Crippen molar-refractivity contribution in [2.24, 2.45) is 0 Å². The van der Waals surface area contributed by atoms with Crippen molar-refractivity contribution in [3.8, 4) is 0 Å². The number of unbranched alkanes of at least 4 members (excludes halogenated alkanes) is 40. The summed E-state index contributed by atoms with van der Waals surface area (Å²) in [4.78, 5) is 58.6. The van der Waals surface area contributed by atoms with Crippen LogP contribution in [0.4, 0.5) is 0 Å². The zero-order chi connectivity index (χ0) is 75.2. The lowest BCUT2D eigenvalue weighted by Gasteiger charge is -2.21. The number of phosphoric ester groups is 2. The lowest BCUT2D eigenvalue weighted by molar-refractivity contribution is -0.161. The van der Waals surface area contributed by atoms with Crippen LogP contribution in [0.5, 0.6) is 0 Å². The second-order valence-electron chi connectivity index (χ2n) is 27.9. The molecule has 18 heteroatoms. The number of ether oxygens (including phenoxy) is 3. The third kappa shape index (κ3) is 79.3. The van der Waals surface area contributed by atoms with Crippen LogP contribution in [0.25, 0.3) is 0 Å². The lowest BCUT2D eigenvalue weighted by Crippen LogP contribution is -2.30. The Morgan fingerprint density at radius 2 is 0.515 bits per heavy atom. The molecule has 16 nitrogen and oxygen atoms in total. The number of phosphoric acid groups is 2. The topological polar surface area (TPSA) is 231 Å². The van der Waals surface area contributed by atoms with Gasteiger partial charge in [-0.15, -0.1) is 0 Å². The van der Waals surface area contributed by atoms with Crippen molar-refractivity contribution in [3.05, 3.63) is 97.2 Å². The summed E-state index contributed by atoms with van der Waals surface area (Å²) in [5.41, 5.74) is 0. The summed E-state index contributed by atoms with van der Waals surface area (Å²) in [5.74, 6) is -1.58. The van der Waals surface area contributed by atoms with Crippen LogP contribution in [0.15, 0.2) is 97.2 Å². The number of carbonyl (C=O) groups excluding carboxylic acids is 3. The van der Waals surface area contributed by atoms with E-state index in [1.807, 2.05) is 0 Å². The van der Waals surface area contributed by atoms with Gasteiger partial charge in [0.15, 0.2) is 6.10 Å². The highest BCUT2D eigenvalue weighted by molar-refractivity contribution is 7.47. The first-order valence-electron chi connectivity index (χ1n) is 41.5. The Morgan fingerprint density at radius 1 is 0.282 bits per heavy atom. The predicted molar refractivity (Wildman–Crippen MR) is 427 cm³/mol. The van der Waals surface area contributed by atoms with Crippen LogP contribution in [0, 0.1) is 0 Å². The first kappa shape index (κ1) is 99.5. The zero-order valence-corrected chi connectivity index (χ0v) is 67.3. The molecule has 0 aliphatic heterocycles. The fourth-order valence-corrected chi connectivity index (χ4v) is 13.0. The maximum Gasteiger partial charge on any atom is 0.472 e. The summed E-state index contributed by atoms with van der Waals surface area (Å²) in [6.45, 7) is 2.56. The highest BCUT2D eigenvalue weighted by atomic mass is 31.2. The van der Waals surface area contributed by atoms with Crippen LogP contribution in [0.2, 0.25) is 0 Å². The molecule has 5 atom stereocenters. The minimum atomic E-state index is -4.93.